The van der Waals surface area contributed by atoms with Crippen LogP contribution >= 0.6 is 23.8 Å². The molecule has 126 valence electrons. The third-order valence-corrected chi connectivity index (χ3v) is 4.66. The second-order valence-electron chi connectivity index (χ2n) is 5.83. The predicted octanol–water partition coefficient (Wildman–Crippen LogP) is 3.99. The molecular formula is C18H19ClFN3S. The van der Waals surface area contributed by atoms with Crippen molar-refractivity contribution in [3.63, 3.8) is 0 Å². The Balaban J connectivity index is 1.49. The smallest absolute Gasteiger partial charge is 0.173 e. The lowest BCUT2D eigenvalue weighted by atomic mass is 10.2. The molecule has 0 aliphatic carbocycles. The standard InChI is InChI=1S/C18H19ClFN3S/c19-15-4-6-17(7-5-15)21-18(24)23-10-8-22(9-11-23)13-14-2-1-3-16(20)12-14/h1-7,12H,8-11,13H2,(H,21,24). The Morgan fingerprint density at radius 2 is 1.79 bits per heavy atom. The van der Waals surface area contributed by atoms with Gasteiger partial charge in [-0.15, -0.1) is 0 Å². The molecule has 1 N–H and O–H groups in total. The lowest BCUT2D eigenvalue weighted by molar-refractivity contribution is 0.177. The molecule has 0 bridgehead atoms. The monoisotopic (exact) mass is 363 g/mol. The van der Waals surface area contributed by atoms with Gasteiger partial charge in [-0.2, -0.15) is 0 Å². The summed E-state index contributed by atoms with van der Waals surface area (Å²) < 4.78 is 13.3. The largest absolute Gasteiger partial charge is 0.346 e. The van der Waals surface area contributed by atoms with E-state index in [-0.39, 0.29) is 5.82 Å². The zero-order valence-corrected chi connectivity index (χ0v) is 14.8. The third-order valence-electron chi connectivity index (χ3n) is 4.05. The minimum Gasteiger partial charge on any atom is -0.346 e. The van der Waals surface area contributed by atoms with Crippen LogP contribution in [0.25, 0.3) is 0 Å². The van der Waals surface area contributed by atoms with E-state index < -0.39 is 0 Å². The second kappa shape index (κ2) is 7.92. The SMILES string of the molecule is Fc1cccc(CN2CCN(C(=S)Nc3ccc(Cl)cc3)CC2)c1. The summed E-state index contributed by atoms with van der Waals surface area (Å²) in [6.45, 7) is 4.28. The highest BCUT2D eigenvalue weighted by Crippen LogP contribution is 2.15. The Kier molecular flexibility index (Phi) is 5.66. The highest BCUT2D eigenvalue weighted by atomic mass is 35.5. The molecule has 0 atom stereocenters. The normalized spacial score (nSPS) is 15.3. The van der Waals surface area contributed by atoms with E-state index in [1.807, 2.05) is 30.3 Å². The zero-order chi connectivity index (χ0) is 16.9. The van der Waals surface area contributed by atoms with Gasteiger partial charge in [-0.1, -0.05) is 23.7 Å². The Morgan fingerprint density at radius 3 is 2.46 bits per heavy atom. The van der Waals surface area contributed by atoms with E-state index in [1.165, 1.54) is 6.07 Å². The van der Waals surface area contributed by atoms with Gasteiger partial charge in [-0.05, 0) is 54.2 Å². The van der Waals surface area contributed by atoms with Gasteiger partial charge >= 0.3 is 0 Å². The summed E-state index contributed by atoms with van der Waals surface area (Å²) in [6, 6.07) is 14.3. The van der Waals surface area contributed by atoms with Crippen molar-refractivity contribution in [1.29, 1.82) is 0 Å². The summed E-state index contributed by atoms with van der Waals surface area (Å²) in [4.78, 5) is 4.47. The molecule has 3 nitrogen and oxygen atoms in total. The molecule has 6 heteroatoms. The second-order valence-corrected chi connectivity index (χ2v) is 6.65. The summed E-state index contributed by atoms with van der Waals surface area (Å²) in [6.07, 6.45) is 0. The fourth-order valence-corrected chi connectivity index (χ4v) is 3.16. The number of thiocarbonyl (C=S) groups is 1. The van der Waals surface area contributed by atoms with Crippen LogP contribution in [0, 0.1) is 5.82 Å². The van der Waals surface area contributed by atoms with Gasteiger partial charge in [-0.25, -0.2) is 4.39 Å². The van der Waals surface area contributed by atoms with Gasteiger partial charge in [0.05, 0.1) is 0 Å². The van der Waals surface area contributed by atoms with Crippen molar-refractivity contribution in [2.45, 2.75) is 6.54 Å². The molecule has 0 unspecified atom stereocenters. The van der Waals surface area contributed by atoms with E-state index in [2.05, 4.69) is 15.1 Å². The number of nitrogens with one attached hydrogen (secondary N) is 1. The zero-order valence-electron chi connectivity index (χ0n) is 13.2. The van der Waals surface area contributed by atoms with E-state index in [0.717, 1.165) is 49.1 Å². The average Bonchev–Trinajstić information content (AvgIpc) is 2.57. The van der Waals surface area contributed by atoms with Gasteiger partial charge < -0.3 is 10.2 Å². The number of nitrogens with zero attached hydrogens (tertiary/aromatic N) is 2. The summed E-state index contributed by atoms with van der Waals surface area (Å²) in [5.41, 5.74) is 1.94. The highest BCUT2D eigenvalue weighted by Gasteiger charge is 2.19. The van der Waals surface area contributed by atoms with Crippen LogP contribution in [0.3, 0.4) is 0 Å². The molecule has 0 amide bonds. The Morgan fingerprint density at radius 1 is 1.08 bits per heavy atom. The minimum atomic E-state index is -0.181. The summed E-state index contributed by atoms with van der Waals surface area (Å²) in [5.74, 6) is -0.181. The maximum absolute atomic E-state index is 13.3. The molecule has 1 heterocycles. The van der Waals surface area contributed by atoms with Gasteiger partial charge in [0.1, 0.15) is 5.82 Å². The fourth-order valence-electron chi connectivity index (χ4n) is 2.74. The van der Waals surface area contributed by atoms with Gasteiger partial charge in [0.15, 0.2) is 5.11 Å². The summed E-state index contributed by atoms with van der Waals surface area (Å²) in [7, 11) is 0. The molecule has 1 fully saturated rings. The van der Waals surface area contributed by atoms with E-state index in [0.29, 0.717) is 5.02 Å². The van der Waals surface area contributed by atoms with Gasteiger partial charge in [0.25, 0.3) is 0 Å². The first-order chi connectivity index (χ1) is 11.6. The molecule has 0 spiro atoms. The number of hydrogen-bond acceptors (Lipinski definition) is 2. The summed E-state index contributed by atoms with van der Waals surface area (Å²) >= 11 is 11.4. The molecule has 0 saturated carbocycles. The van der Waals surface area contributed by atoms with E-state index in [4.69, 9.17) is 23.8 Å². The molecule has 0 radical (unpaired) electrons. The molecule has 0 aromatic heterocycles. The topological polar surface area (TPSA) is 18.5 Å². The van der Waals surface area contributed by atoms with Crippen LogP contribution in [0.4, 0.5) is 10.1 Å². The van der Waals surface area contributed by atoms with Crippen molar-refractivity contribution < 1.29 is 4.39 Å². The molecule has 2 aromatic carbocycles. The van der Waals surface area contributed by atoms with Crippen molar-refractivity contribution in [2.24, 2.45) is 0 Å². The lowest BCUT2D eigenvalue weighted by Gasteiger charge is -2.36. The van der Waals surface area contributed by atoms with Crippen LogP contribution in [-0.4, -0.2) is 41.1 Å². The molecule has 1 aliphatic heterocycles. The average molecular weight is 364 g/mol. The van der Waals surface area contributed by atoms with Crippen molar-refractivity contribution >= 4 is 34.6 Å². The third kappa shape index (κ3) is 4.66. The van der Waals surface area contributed by atoms with E-state index in [9.17, 15) is 4.39 Å². The number of halogens is 2. The summed E-state index contributed by atoms with van der Waals surface area (Å²) in [5, 5.41) is 4.67. The van der Waals surface area contributed by atoms with Crippen LogP contribution in [0.1, 0.15) is 5.56 Å². The van der Waals surface area contributed by atoms with E-state index >= 15 is 0 Å². The minimum absolute atomic E-state index is 0.181. The molecule has 1 saturated heterocycles. The maximum Gasteiger partial charge on any atom is 0.173 e. The number of anilines is 1. The number of piperazine rings is 1. The van der Waals surface area contributed by atoms with Crippen molar-refractivity contribution in [3.05, 3.63) is 64.9 Å². The molecule has 24 heavy (non-hydrogen) atoms. The first-order valence-electron chi connectivity index (χ1n) is 7.88. The molecular weight excluding hydrogens is 345 g/mol. The molecule has 2 aromatic rings. The van der Waals surface area contributed by atoms with Crippen LogP contribution in [0.15, 0.2) is 48.5 Å². The van der Waals surface area contributed by atoms with Gasteiger partial charge in [0.2, 0.25) is 0 Å². The van der Waals surface area contributed by atoms with E-state index in [1.54, 1.807) is 12.1 Å². The Bertz CT molecular complexity index is 700. The van der Waals surface area contributed by atoms with Crippen molar-refractivity contribution in [1.82, 2.24) is 9.80 Å². The van der Waals surface area contributed by atoms with Gasteiger partial charge in [0, 0.05) is 43.4 Å². The first kappa shape index (κ1) is 17.1. The van der Waals surface area contributed by atoms with Crippen molar-refractivity contribution in [3.8, 4) is 0 Å². The predicted molar refractivity (Wildman–Crippen MR) is 101 cm³/mol. The van der Waals surface area contributed by atoms with Gasteiger partial charge in [-0.3, -0.25) is 4.90 Å². The first-order valence-corrected chi connectivity index (χ1v) is 8.67. The van der Waals surface area contributed by atoms with Crippen LogP contribution in [0.2, 0.25) is 5.02 Å². The van der Waals surface area contributed by atoms with Crippen molar-refractivity contribution in [2.75, 3.05) is 31.5 Å². The van der Waals surface area contributed by atoms with Crippen LogP contribution in [0.5, 0.6) is 0 Å². The lowest BCUT2D eigenvalue weighted by Crippen LogP contribution is -2.49. The highest BCUT2D eigenvalue weighted by molar-refractivity contribution is 7.80. The number of hydrogen-bond donors (Lipinski definition) is 1. The van der Waals surface area contributed by atoms with Crippen LogP contribution in [-0.2, 0) is 6.54 Å². The number of rotatable bonds is 3. The quantitative estimate of drug-likeness (QED) is 0.830. The fraction of sp³-hybridized carbons (Fsp3) is 0.278. The number of benzene rings is 2. The Hall–Kier alpha value is -1.69. The molecule has 3 rings (SSSR count). The molecule has 1 aliphatic rings. The van der Waals surface area contributed by atoms with Crippen LogP contribution < -0.4 is 5.32 Å². The Labute approximate surface area is 152 Å². The maximum atomic E-state index is 13.3.